The Hall–Kier alpha value is 0.170. The SMILES string of the molecule is O=C(CCCCC1CCSS1)NCCC1CC1. The molecule has 1 aliphatic heterocycles. The van der Waals surface area contributed by atoms with Gasteiger partial charge in [-0.15, -0.1) is 0 Å². The van der Waals surface area contributed by atoms with Gasteiger partial charge < -0.3 is 5.32 Å². The van der Waals surface area contributed by atoms with Gasteiger partial charge in [0.05, 0.1) is 0 Å². The molecule has 0 aromatic rings. The zero-order valence-electron chi connectivity index (χ0n) is 10.5. The van der Waals surface area contributed by atoms with Gasteiger partial charge in [0.1, 0.15) is 0 Å². The molecule has 0 radical (unpaired) electrons. The molecule has 1 saturated heterocycles. The third-order valence-corrected chi connectivity index (χ3v) is 6.49. The first-order chi connectivity index (χ1) is 8.34. The highest BCUT2D eigenvalue weighted by Gasteiger charge is 2.20. The van der Waals surface area contributed by atoms with Crippen LogP contribution in [0.25, 0.3) is 0 Å². The fourth-order valence-corrected chi connectivity index (χ4v) is 5.16. The minimum Gasteiger partial charge on any atom is -0.356 e. The summed E-state index contributed by atoms with van der Waals surface area (Å²) in [6.07, 6.45) is 9.64. The predicted molar refractivity (Wildman–Crippen MR) is 77.3 cm³/mol. The van der Waals surface area contributed by atoms with Crippen LogP contribution in [0, 0.1) is 5.92 Å². The molecule has 4 heteroatoms. The highest BCUT2D eigenvalue weighted by Crippen LogP contribution is 2.39. The molecule has 1 unspecified atom stereocenters. The van der Waals surface area contributed by atoms with Crippen LogP contribution in [0.4, 0.5) is 0 Å². The maximum absolute atomic E-state index is 11.5. The lowest BCUT2D eigenvalue weighted by atomic mass is 10.1. The second-order valence-corrected chi connectivity index (χ2v) is 7.94. The maximum atomic E-state index is 11.5. The minimum absolute atomic E-state index is 0.263. The topological polar surface area (TPSA) is 29.1 Å². The molecular formula is C13H23NOS2. The Balaban J connectivity index is 1.39. The Morgan fingerprint density at radius 2 is 2.06 bits per heavy atom. The molecule has 0 aromatic heterocycles. The summed E-state index contributed by atoms with van der Waals surface area (Å²) < 4.78 is 0. The van der Waals surface area contributed by atoms with Gasteiger partial charge in [-0.2, -0.15) is 0 Å². The summed E-state index contributed by atoms with van der Waals surface area (Å²) in [4.78, 5) is 11.5. The second kappa shape index (κ2) is 7.57. The third kappa shape index (κ3) is 6.05. The van der Waals surface area contributed by atoms with Crippen LogP contribution in [0.1, 0.15) is 51.4 Å². The van der Waals surface area contributed by atoms with E-state index in [1.165, 1.54) is 44.3 Å². The van der Waals surface area contributed by atoms with E-state index in [4.69, 9.17) is 0 Å². The molecule has 2 rings (SSSR count). The lowest BCUT2D eigenvalue weighted by Gasteiger charge is -2.07. The van der Waals surface area contributed by atoms with Crippen LogP contribution in [0.15, 0.2) is 0 Å². The number of unbranched alkanes of at least 4 members (excludes halogenated alkanes) is 1. The van der Waals surface area contributed by atoms with E-state index < -0.39 is 0 Å². The summed E-state index contributed by atoms with van der Waals surface area (Å²) in [5, 5.41) is 3.89. The largest absolute Gasteiger partial charge is 0.356 e. The van der Waals surface area contributed by atoms with Crippen molar-refractivity contribution < 1.29 is 4.79 Å². The van der Waals surface area contributed by atoms with Gasteiger partial charge in [-0.1, -0.05) is 40.9 Å². The molecule has 1 aliphatic carbocycles. The normalized spacial score (nSPS) is 23.9. The van der Waals surface area contributed by atoms with Gasteiger partial charge in [-0.25, -0.2) is 0 Å². The van der Waals surface area contributed by atoms with Gasteiger partial charge in [0.25, 0.3) is 0 Å². The molecule has 0 bridgehead atoms. The Morgan fingerprint density at radius 1 is 1.18 bits per heavy atom. The van der Waals surface area contributed by atoms with Crippen molar-refractivity contribution in [3.63, 3.8) is 0 Å². The quantitative estimate of drug-likeness (QED) is 0.541. The fraction of sp³-hybridized carbons (Fsp3) is 0.923. The first kappa shape index (κ1) is 13.6. The number of carbonyl (C=O) groups excluding carboxylic acids is 1. The van der Waals surface area contributed by atoms with E-state index in [1.54, 1.807) is 0 Å². The van der Waals surface area contributed by atoms with Gasteiger partial charge in [-0.3, -0.25) is 4.79 Å². The van der Waals surface area contributed by atoms with Crippen LogP contribution < -0.4 is 5.32 Å². The van der Waals surface area contributed by atoms with Crippen molar-refractivity contribution in [1.29, 1.82) is 0 Å². The van der Waals surface area contributed by atoms with Crippen LogP contribution in [0.2, 0.25) is 0 Å². The molecule has 0 aromatic carbocycles. The van der Waals surface area contributed by atoms with Crippen LogP contribution in [-0.2, 0) is 4.79 Å². The van der Waals surface area contributed by atoms with E-state index in [2.05, 4.69) is 5.32 Å². The molecule has 2 nitrogen and oxygen atoms in total. The summed E-state index contributed by atoms with van der Waals surface area (Å²) in [6, 6.07) is 0. The predicted octanol–water partition coefficient (Wildman–Crippen LogP) is 3.62. The third-order valence-electron chi connectivity index (χ3n) is 3.48. The molecule has 2 fully saturated rings. The summed E-state index contributed by atoms with van der Waals surface area (Å²) >= 11 is 0. The summed E-state index contributed by atoms with van der Waals surface area (Å²) in [5.74, 6) is 2.50. The number of hydrogen-bond acceptors (Lipinski definition) is 3. The molecule has 1 atom stereocenters. The van der Waals surface area contributed by atoms with Crippen molar-refractivity contribution >= 4 is 27.5 Å². The van der Waals surface area contributed by atoms with Gasteiger partial charge in [0.2, 0.25) is 5.91 Å². The van der Waals surface area contributed by atoms with E-state index >= 15 is 0 Å². The molecule has 1 heterocycles. The average Bonchev–Trinajstić information content (AvgIpc) is 3.00. The maximum Gasteiger partial charge on any atom is 0.219 e. The van der Waals surface area contributed by atoms with E-state index in [1.807, 2.05) is 21.6 Å². The molecule has 1 saturated carbocycles. The number of amides is 1. The van der Waals surface area contributed by atoms with Gasteiger partial charge >= 0.3 is 0 Å². The van der Waals surface area contributed by atoms with Gasteiger partial charge in [-0.05, 0) is 31.6 Å². The van der Waals surface area contributed by atoms with E-state index in [-0.39, 0.29) is 5.91 Å². The first-order valence-corrected chi connectivity index (χ1v) is 9.28. The zero-order valence-corrected chi connectivity index (χ0v) is 12.1. The van der Waals surface area contributed by atoms with E-state index in [9.17, 15) is 4.79 Å². The van der Waals surface area contributed by atoms with Crippen molar-refractivity contribution in [2.45, 2.75) is 56.6 Å². The summed E-state index contributed by atoms with van der Waals surface area (Å²) in [6.45, 7) is 0.901. The summed E-state index contributed by atoms with van der Waals surface area (Å²) in [7, 11) is 4.04. The smallest absolute Gasteiger partial charge is 0.219 e. The standard InChI is InChI=1S/C13H23NOS2/c15-13(14-9-7-11-5-6-11)4-2-1-3-12-8-10-16-17-12/h11-12H,1-10H2,(H,14,15). The van der Waals surface area contributed by atoms with Crippen molar-refractivity contribution in [2.75, 3.05) is 12.3 Å². The number of rotatable bonds is 8. The monoisotopic (exact) mass is 273 g/mol. The minimum atomic E-state index is 0.263. The van der Waals surface area contributed by atoms with Crippen LogP contribution in [0.5, 0.6) is 0 Å². The molecular weight excluding hydrogens is 250 g/mol. The summed E-state index contributed by atoms with van der Waals surface area (Å²) in [5.41, 5.74) is 0. The van der Waals surface area contributed by atoms with Crippen molar-refractivity contribution in [3.8, 4) is 0 Å². The van der Waals surface area contributed by atoms with Crippen molar-refractivity contribution in [2.24, 2.45) is 5.92 Å². The first-order valence-electron chi connectivity index (χ1n) is 6.89. The van der Waals surface area contributed by atoms with Crippen molar-refractivity contribution in [1.82, 2.24) is 5.32 Å². The van der Waals surface area contributed by atoms with Gasteiger partial charge in [0, 0.05) is 24.0 Å². The molecule has 98 valence electrons. The van der Waals surface area contributed by atoms with Crippen LogP contribution in [0.3, 0.4) is 0 Å². The Bertz CT molecular complexity index is 238. The second-order valence-electron chi connectivity index (χ2n) is 5.16. The van der Waals surface area contributed by atoms with E-state index in [0.717, 1.165) is 30.6 Å². The fourth-order valence-electron chi connectivity index (χ4n) is 2.13. The Labute approximate surface area is 112 Å². The average molecular weight is 273 g/mol. The lowest BCUT2D eigenvalue weighted by molar-refractivity contribution is -0.121. The Kier molecular flexibility index (Phi) is 6.06. The Morgan fingerprint density at radius 3 is 2.76 bits per heavy atom. The zero-order chi connectivity index (χ0) is 11.9. The molecule has 1 amide bonds. The molecule has 1 N–H and O–H groups in total. The number of nitrogens with one attached hydrogen (secondary N) is 1. The van der Waals surface area contributed by atoms with Crippen LogP contribution >= 0.6 is 21.6 Å². The van der Waals surface area contributed by atoms with Crippen LogP contribution in [-0.4, -0.2) is 23.5 Å². The highest BCUT2D eigenvalue weighted by atomic mass is 33.1. The molecule has 2 aliphatic rings. The number of hydrogen-bond donors (Lipinski definition) is 1. The highest BCUT2D eigenvalue weighted by molar-refractivity contribution is 8.77. The van der Waals surface area contributed by atoms with E-state index in [0.29, 0.717) is 0 Å². The molecule has 0 spiro atoms. The lowest BCUT2D eigenvalue weighted by Crippen LogP contribution is -2.24. The molecule has 17 heavy (non-hydrogen) atoms. The van der Waals surface area contributed by atoms with Gasteiger partial charge in [0.15, 0.2) is 0 Å². The van der Waals surface area contributed by atoms with Crippen molar-refractivity contribution in [3.05, 3.63) is 0 Å². The number of carbonyl (C=O) groups is 1.